The quantitative estimate of drug-likeness (QED) is 0.416. The number of likely N-dealkylation sites (tertiary alicyclic amines) is 1. The Morgan fingerprint density at radius 3 is 2.58 bits per heavy atom. The van der Waals surface area contributed by atoms with Crippen molar-refractivity contribution in [3.05, 3.63) is 15.6 Å². The van der Waals surface area contributed by atoms with Gasteiger partial charge < -0.3 is 15.5 Å². The molecule has 1 unspecified atom stereocenters. The number of piperidine rings is 1. The molecule has 3 rings (SSSR count). The van der Waals surface area contributed by atoms with E-state index in [4.69, 9.17) is 0 Å². The van der Waals surface area contributed by atoms with Crippen LogP contribution in [0.5, 0.6) is 0 Å². The number of nitrogens with zero attached hydrogens (tertiary/aromatic N) is 3. The fourth-order valence-electron chi connectivity index (χ4n) is 3.61. The highest BCUT2D eigenvalue weighted by atomic mass is 32.1. The molecule has 0 aromatic carbocycles. The summed E-state index contributed by atoms with van der Waals surface area (Å²) >= 11 is 1.70. The Kier molecular flexibility index (Phi) is 5.17. The van der Waals surface area contributed by atoms with E-state index in [1.807, 2.05) is 13.8 Å². The maximum Gasteiger partial charge on any atom is 0.322 e. The summed E-state index contributed by atoms with van der Waals surface area (Å²) in [5.41, 5.74) is 0.267. The predicted octanol–water partition coefficient (Wildman–Crippen LogP) is 1.15. The van der Waals surface area contributed by atoms with Crippen LogP contribution in [0.25, 0.3) is 0 Å². The Hall–Kier alpha value is -2.16. The van der Waals surface area contributed by atoms with Crippen LogP contribution in [0.1, 0.15) is 35.3 Å². The standard InChI is InChI=1S/C17H26N6O2S/c1-10-11(2)26-13(20-10)9-19-15(18-4)23-7-5-12(6-8-23)17(3)14(24)21-16(25)22-17/h12H,5-9H2,1-4H3,(H,18,19)(H2,21,22,24,25). The van der Waals surface area contributed by atoms with Gasteiger partial charge in [0.15, 0.2) is 5.96 Å². The van der Waals surface area contributed by atoms with Crippen LogP contribution >= 0.6 is 11.3 Å². The Balaban J connectivity index is 1.56. The van der Waals surface area contributed by atoms with E-state index in [-0.39, 0.29) is 11.8 Å². The van der Waals surface area contributed by atoms with Gasteiger partial charge in [0.05, 0.1) is 12.2 Å². The van der Waals surface area contributed by atoms with Gasteiger partial charge in [-0.05, 0) is 39.5 Å². The molecule has 2 fully saturated rings. The first-order chi connectivity index (χ1) is 12.3. The van der Waals surface area contributed by atoms with Crippen molar-refractivity contribution < 1.29 is 9.59 Å². The number of hydrogen-bond donors (Lipinski definition) is 3. The Morgan fingerprint density at radius 1 is 1.38 bits per heavy atom. The SMILES string of the molecule is CN=C(NCc1nc(C)c(C)s1)N1CCC(C2(C)NC(=O)NC2=O)CC1. The molecule has 2 saturated heterocycles. The number of aryl methyl sites for hydroxylation is 2. The molecular formula is C17H26N6O2S. The highest BCUT2D eigenvalue weighted by Gasteiger charge is 2.48. The first-order valence-electron chi connectivity index (χ1n) is 8.85. The number of nitrogens with one attached hydrogen (secondary N) is 3. The van der Waals surface area contributed by atoms with Gasteiger partial charge in [-0.1, -0.05) is 0 Å². The normalized spacial score (nSPS) is 24.6. The third-order valence-electron chi connectivity index (χ3n) is 5.37. The van der Waals surface area contributed by atoms with Crippen LogP contribution in [0.2, 0.25) is 0 Å². The third kappa shape index (κ3) is 3.53. The van der Waals surface area contributed by atoms with Gasteiger partial charge in [-0.25, -0.2) is 9.78 Å². The maximum absolute atomic E-state index is 12.1. The number of guanidine groups is 1. The highest BCUT2D eigenvalue weighted by Crippen LogP contribution is 2.30. The first kappa shape index (κ1) is 18.6. The number of rotatable bonds is 3. The van der Waals surface area contributed by atoms with Gasteiger partial charge in [0.1, 0.15) is 10.5 Å². The Morgan fingerprint density at radius 2 is 2.08 bits per heavy atom. The number of amides is 3. The van der Waals surface area contributed by atoms with E-state index in [0.29, 0.717) is 6.54 Å². The topological polar surface area (TPSA) is 98.7 Å². The second-order valence-electron chi connectivity index (χ2n) is 7.02. The number of thiazole rings is 1. The van der Waals surface area contributed by atoms with E-state index < -0.39 is 11.6 Å². The van der Waals surface area contributed by atoms with Crippen LogP contribution in [-0.4, -0.2) is 53.5 Å². The van der Waals surface area contributed by atoms with Crippen molar-refractivity contribution in [1.29, 1.82) is 0 Å². The predicted molar refractivity (Wildman–Crippen MR) is 101 cm³/mol. The maximum atomic E-state index is 12.1. The summed E-state index contributed by atoms with van der Waals surface area (Å²) in [6.45, 7) is 8.15. The van der Waals surface area contributed by atoms with E-state index in [0.717, 1.165) is 42.6 Å². The third-order valence-corrected chi connectivity index (χ3v) is 6.44. The lowest BCUT2D eigenvalue weighted by Crippen LogP contribution is -2.55. The molecule has 8 nitrogen and oxygen atoms in total. The van der Waals surface area contributed by atoms with E-state index >= 15 is 0 Å². The molecule has 0 bridgehead atoms. The highest BCUT2D eigenvalue weighted by molar-refractivity contribution is 7.11. The number of imide groups is 1. The average molecular weight is 379 g/mol. The number of aromatic nitrogens is 1. The van der Waals surface area contributed by atoms with Crippen molar-refractivity contribution in [2.75, 3.05) is 20.1 Å². The number of urea groups is 1. The average Bonchev–Trinajstić information content (AvgIpc) is 3.07. The minimum absolute atomic E-state index is 0.118. The largest absolute Gasteiger partial charge is 0.350 e. The molecule has 0 spiro atoms. The monoisotopic (exact) mass is 378 g/mol. The molecule has 26 heavy (non-hydrogen) atoms. The van der Waals surface area contributed by atoms with Crippen LogP contribution < -0.4 is 16.0 Å². The number of aliphatic imine (C=N–C) groups is 1. The molecule has 0 radical (unpaired) electrons. The van der Waals surface area contributed by atoms with Crippen LogP contribution in [0.4, 0.5) is 4.79 Å². The molecule has 3 amide bonds. The number of carbonyl (C=O) groups excluding carboxylic acids is 2. The van der Waals surface area contributed by atoms with Gasteiger partial charge in [0.25, 0.3) is 5.91 Å². The number of carbonyl (C=O) groups is 2. The molecule has 2 aliphatic rings. The zero-order chi connectivity index (χ0) is 18.9. The molecule has 142 valence electrons. The summed E-state index contributed by atoms with van der Waals surface area (Å²) in [7, 11) is 1.78. The van der Waals surface area contributed by atoms with E-state index in [1.165, 1.54) is 4.88 Å². The van der Waals surface area contributed by atoms with Gasteiger partial charge in [-0.15, -0.1) is 11.3 Å². The summed E-state index contributed by atoms with van der Waals surface area (Å²) in [5.74, 6) is 0.740. The zero-order valence-electron chi connectivity index (χ0n) is 15.7. The summed E-state index contributed by atoms with van der Waals surface area (Å²) in [4.78, 5) is 36.0. The lowest BCUT2D eigenvalue weighted by molar-refractivity contribution is -0.125. The van der Waals surface area contributed by atoms with Crippen LogP contribution in [0.15, 0.2) is 4.99 Å². The summed E-state index contributed by atoms with van der Waals surface area (Å²) in [6, 6.07) is -0.397. The Labute approximate surface area is 157 Å². The van der Waals surface area contributed by atoms with Gasteiger partial charge in [-0.2, -0.15) is 0 Å². The molecule has 3 heterocycles. The van der Waals surface area contributed by atoms with E-state index in [2.05, 4.69) is 37.8 Å². The molecule has 1 aromatic heterocycles. The minimum atomic E-state index is -0.809. The lowest BCUT2D eigenvalue weighted by atomic mass is 9.79. The van der Waals surface area contributed by atoms with Crippen molar-refractivity contribution in [3.8, 4) is 0 Å². The zero-order valence-corrected chi connectivity index (χ0v) is 16.5. The summed E-state index contributed by atoms with van der Waals surface area (Å²) in [6.07, 6.45) is 1.64. The second kappa shape index (κ2) is 7.22. The molecule has 0 aliphatic carbocycles. The molecule has 2 aliphatic heterocycles. The molecule has 3 N–H and O–H groups in total. The molecule has 1 atom stereocenters. The molecule has 1 aromatic rings. The van der Waals surface area contributed by atoms with Gasteiger partial charge >= 0.3 is 6.03 Å². The minimum Gasteiger partial charge on any atom is -0.350 e. The molecular weight excluding hydrogens is 352 g/mol. The van der Waals surface area contributed by atoms with Crippen molar-refractivity contribution in [3.63, 3.8) is 0 Å². The fourth-order valence-corrected chi connectivity index (χ4v) is 4.49. The van der Waals surface area contributed by atoms with Gasteiger partial charge in [0.2, 0.25) is 0 Å². The van der Waals surface area contributed by atoms with Crippen LogP contribution in [0, 0.1) is 19.8 Å². The second-order valence-corrected chi connectivity index (χ2v) is 8.31. The van der Waals surface area contributed by atoms with E-state index in [9.17, 15) is 9.59 Å². The van der Waals surface area contributed by atoms with E-state index in [1.54, 1.807) is 18.4 Å². The van der Waals surface area contributed by atoms with Crippen LogP contribution in [0.3, 0.4) is 0 Å². The van der Waals surface area contributed by atoms with Crippen molar-refractivity contribution in [1.82, 2.24) is 25.8 Å². The fraction of sp³-hybridized carbons (Fsp3) is 0.647. The van der Waals surface area contributed by atoms with Crippen molar-refractivity contribution in [2.45, 2.75) is 45.7 Å². The molecule has 9 heteroatoms. The Bertz CT molecular complexity index is 718. The summed E-state index contributed by atoms with van der Waals surface area (Å²) < 4.78 is 0. The number of hydrogen-bond acceptors (Lipinski definition) is 5. The van der Waals surface area contributed by atoms with Gasteiger partial charge in [0, 0.05) is 25.0 Å². The lowest BCUT2D eigenvalue weighted by Gasteiger charge is -2.39. The smallest absolute Gasteiger partial charge is 0.322 e. The van der Waals surface area contributed by atoms with Crippen molar-refractivity contribution in [2.24, 2.45) is 10.9 Å². The van der Waals surface area contributed by atoms with Gasteiger partial charge in [-0.3, -0.25) is 15.1 Å². The van der Waals surface area contributed by atoms with Crippen LogP contribution in [-0.2, 0) is 11.3 Å². The first-order valence-corrected chi connectivity index (χ1v) is 9.67. The molecule has 0 saturated carbocycles. The van der Waals surface area contributed by atoms with Crippen molar-refractivity contribution >= 4 is 29.2 Å². The summed E-state index contributed by atoms with van der Waals surface area (Å²) in [5, 5.41) is 9.57.